The van der Waals surface area contributed by atoms with Gasteiger partial charge in [0, 0.05) is 46.6 Å². The molecule has 1 saturated heterocycles. The Morgan fingerprint density at radius 3 is 2.15 bits per heavy atom. The second kappa shape index (κ2) is 22.3. The number of imidazole rings is 1. The molecule has 0 radical (unpaired) electrons. The molecule has 1 unspecified atom stereocenters. The number of carbonyl (C=O) groups is 5. The van der Waals surface area contributed by atoms with Gasteiger partial charge < -0.3 is 33.7 Å². The third kappa shape index (κ3) is 12.2. The summed E-state index contributed by atoms with van der Waals surface area (Å²) in [6, 6.07) is 18.3. The second-order valence-corrected chi connectivity index (χ2v) is 16.1. The molecule has 66 heavy (non-hydrogen) atoms. The molecular formula is C47H52N8O11. The lowest BCUT2D eigenvalue weighted by atomic mass is 9.92. The van der Waals surface area contributed by atoms with Crippen LogP contribution in [0.4, 0.5) is 16.3 Å². The Bertz CT molecular complexity index is 2590. The van der Waals surface area contributed by atoms with Crippen molar-refractivity contribution in [3.63, 3.8) is 0 Å². The fourth-order valence-corrected chi connectivity index (χ4v) is 7.01. The van der Waals surface area contributed by atoms with Gasteiger partial charge in [0.2, 0.25) is 11.8 Å². The number of H-pyrrole nitrogens is 1. The zero-order chi connectivity index (χ0) is 46.5. The van der Waals surface area contributed by atoms with Crippen LogP contribution in [-0.4, -0.2) is 133 Å². The number of ether oxygens (including phenoxy) is 6. The zero-order valence-corrected chi connectivity index (χ0v) is 37.0. The van der Waals surface area contributed by atoms with Gasteiger partial charge in [-0.05, 0) is 55.0 Å². The number of aromatic amines is 1. The molecule has 3 aromatic carbocycles. The van der Waals surface area contributed by atoms with E-state index < -0.39 is 29.7 Å². The Kier molecular flexibility index (Phi) is 15.9. The molecule has 2 aromatic heterocycles. The number of fused-ring (bicyclic) bond motifs is 2. The summed E-state index contributed by atoms with van der Waals surface area (Å²) in [7, 11) is 0. The number of carbonyl (C=O) groups excluding carboxylic acids is 5. The number of hydrogen-bond donors (Lipinski definition) is 4. The van der Waals surface area contributed by atoms with E-state index in [-0.39, 0.29) is 42.0 Å². The molecule has 4 N–H and O–H groups in total. The van der Waals surface area contributed by atoms with E-state index in [0.717, 1.165) is 27.3 Å². The number of urea groups is 1. The second-order valence-electron chi connectivity index (χ2n) is 16.1. The molecule has 4 heterocycles. The normalized spacial score (nSPS) is 14.8. The third-order valence-corrected chi connectivity index (χ3v) is 10.4. The van der Waals surface area contributed by atoms with Crippen molar-refractivity contribution >= 4 is 52.2 Å². The van der Waals surface area contributed by atoms with Crippen molar-refractivity contribution in [1.29, 1.82) is 0 Å². The van der Waals surface area contributed by atoms with E-state index in [4.69, 9.17) is 28.4 Å². The maximum atomic E-state index is 13.2. The van der Waals surface area contributed by atoms with Crippen LogP contribution < -0.4 is 20.7 Å². The fraction of sp³-hybridized carbons (Fsp3) is 0.383. The lowest BCUT2D eigenvalue weighted by Gasteiger charge is -2.27. The number of amides is 6. The largest absolute Gasteiger partial charge is 0.491 e. The third-order valence-electron chi connectivity index (χ3n) is 10.4. The first-order valence-corrected chi connectivity index (χ1v) is 21.5. The molecule has 0 bridgehead atoms. The molecular weight excluding hydrogens is 853 g/mol. The first kappa shape index (κ1) is 47.0. The van der Waals surface area contributed by atoms with Gasteiger partial charge in [-0.2, -0.15) is 5.10 Å². The van der Waals surface area contributed by atoms with Crippen LogP contribution in [0.1, 0.15) is 65.6 Å². The van der Waals surface area contributed by atoms with Crippen LogP contribution in [0.25, 0.3) is 16.7 Å². The number of anilines is 2. The minimum atomic E-state index is -1.04. The fourth-order valence-electron chi connectivity index (χ4n) is 7.01. The number of piperidine rings is 1. The maximum Gasteiger partial charge on any atom is 0.324 e. The van der Waals surface area contributed by atoms with Crippen molar-refractivity contribution in [2.75, 3.05) is 83.3 Å². The molecule has 19 nitrogen and oxygen atoms in total. The van der Waals surface area contributed by atoms with Gasteiger partial charge in [-0.25, -0.2) is 9.78 Å². The Morgan fingerprint density at radius 2 is 1.48 bits per heavy atom. The molecule has 2 aliphatic rings. The Hall–Kier alpha value is -6.95. The standard InChI is InChI=1S/C47H52N8O11/c1-47(2,3)39-29-40(53-52-39)50-46(60)49-32-9-11-33(12-10-32)54-30-48-36-28-34(13-14-37(36)54)66-27-26-65-25-24-64-23-22-63-21-20-62-19-18-61-17-5-7-31-6-4-8-35-42(31)45(59)55(44(35)58)38-15-16-41(56)51-43(38)57/h4,6,8-14,28-30,38H,15-27H2,1-3H3,(H,51,56,57)(H3,49,50,52,53,60). The van der Waals surface area contributed by atoms with Crippen LogP contribution in [0.15, 0.2) is 73.1 Å². The van der Waals surface area contributed by atoms with Gasteiger partial charge in [-0.15, -0.1) is 0 Å². The number of nitrogens with zero attached hydrogens (tertiary/aromatic N) is 4. The first-order valence-electron chi connectivity index (χ1n) is 21.5. The van der Waals surface area contributed by atoms with E-state index in [1.54, 1.807) is 18.5 Å². The lowest BCUT2D eigenvalue weighted by Crippen LogP contribution is -2.54. The summed E-state index contributed by atoms with van der Waals surface area (Å²) in [5.74, 6) is 4.59. The minimum absolute atomic E-state index is 0.0468. The predicted molar refractivity (Wildman–Crippen MR) is 241 cm³/mol. The van der Waals surface area contributed by atoms with Crippen LogP contribution in [0, 0.1) is 11.8 Å². The van der Waals surface area contributed by atoms with E-state index >= 15 is 0 Å². The van der Waals surface area contributed by atoms with Gasteiger partial charge in [-0.1, -0.05) is 38.7 Å². The molecule has 5 aromatic rings. The van der Waals surface area contributed by atoms with Gasteiger partial charge in [0.05, 0.1) is 81.6 Å². The highest BCUT2D eigenvalue weighted by molar-refractivity contribution is 6.24. The summed E-state index contributed by atoms with van der Waals surface area (Å²) in [6.45, 7) is 10.1. The average molecular weight is 905 g/mol. The number of imide groups is 2. The quantitative estimate of drug-likeness (QED) is 0.0449. The average Bonchev–Trinajstić information content (AvgIpc) is 4.01. The Morgan fingerprint density at radius 1 is 0.803 bits per heavy atom. The molecule has 346 valence electrons. The summed E-state index contributed by atoms with van der Waals surface area (Å²) in [4.78, 5) is 68.0. The number of hydrogen-bond acceptors (Lipinski definition) is 13. The smallest absolute Gasteiger partial charge is 0.324 e. The number of benzene rings is 3. The van der Waals surface area contributed by atoms with Crippen LogP contribution in [0.3, 0.4) is 0 Å². The summed E-state index contributed by atoms with van der Waals surface area (Å²) < 4.78 is 35.6. The first-order chi connectivity index (χ1) is 32.0. The van der Waals surface area contributed by atoms with E-state index in [1.807, 2.05) is 53.1 Å². The van der Waals surface area contributed by atoms with E-state index in [1.165, 1.54) is 6.07 Å². The Balaban J connectivity index is 0.686. The maximum absolute atomic E-state index is 13.2. The highest BCUT2D eigenvalue weighted by Crippen LogP contribution is 2.30. The highest BCUT2D eigenvalue weighted by atomic mass is 16.6. The SMILES string of the molecule is CC(C)(C)c1cc(NC(=O)Nc2ccc(-n3cnc4cc(OCCOCCOCCOCCOCCOCC#Cc5cccc6c5C(=O)N(C5CCC(=O)NC5=O)C6=O)ccc43)cc2)n[nH]1. The van der Waals surface area contributed by atoms with Crippen molar-refractivity contribution in [2.45, 2.75) is 45.1 Å². The lowest BCUT2D eigenvalue weighted by molar-refractivity contribution is -0.136. The highest BCUT2D eigenvalue weighted by Gasteiger charge is 2.45. The molecule has 6 amide bonds. The molecule has 0 aliphatic carbocycles. The molecule has 19 heteroatoms. The van der Waals surface area contributed by atoms with E-state index in [0.29, 0.717) is 88.9 Å². The van der Waals surface area contributed by atoms with Gasteiger partial charge in [0.1, 0.15) is 31.3 Å². The van der Waals surface area contributed by atoms with Gasteiger partial charge in [0.15, 0.2) is 5.82 Å². The summed E-state index contributed by atoms with van der Waals surface area (Å²) in [5.41, 5.74) is 4.69. The topological polar surface area (TPSA) is 227 Å². The molecule has 1 atom stereocenters. The summed E-state index contributed by atoms with van der Waals surface area (Å²) >= 11 is 0. The van der Waals surface area contributed by atoms with Gasteiger partial charge in [0.25, 0.3) is 11.8 Å². The van der Waals surface area contributed by atoms with E-state index in [2.05, 4.69) is 63.7 Å². The molecule has 0 saturated carbocycles. The van der Waals surface area contributed by atoms with Crippen LogP contribution in [0.5, 0.6) is 5.75 Å². The van der Waals surface area contributed by atoms with Crippen LogP contribution in [-0.2, 0) is 38.7 Å². The van der Waals surface area contributed by atoms with Crippen LogP contribution >= 0.6 is 0 Å². The van der Waals surface area contributed by atoms with Crippen molar-refractivity contribution in [2.24, 2.45) is 0 Å². The summed E-state index contributed by atoms with van der Waals surface area (Å²) in [5, 5.41) is 14.9. The number of aromatic nitrogens is 4. The van der Waals surface area contributed by atoms with Crippen molar-refractivity contribution in [3.05, 3.63) is 95.4 Å². The number of nitrogens with one attached hydrogen (secondary N) is 4. The minimum Gasteiger partial charge on any atom is -0.491 e. The summed E-state index contributed by atoms with van der Waals surface area (Å²) in [6.07, 6.45) is 1.87. The monoisotopic (exact) mass is 904 g/mol. The van der Waals surface area contributed by atoms with Crippen molar-refractivity contribution in [1.82, 2.24) is 30.0 Å². The molecule has 1 fully saturated rings. The van der Waals surface area contributed by atoms with Gasteiger partial charge in [-0.3, -0.25) is 44.4 Å². The van der Waals surface area contributed by atoms with E-state index in [9.17, 15) is 24.0 Å². The molecule has 0 spiro atoms. The van der Waals surface area contributed by atoms with Crippen molar-refractivity contribution < 1.29 is 52.4 Å². The van der Waals surface area contributed by atoms with Crippen molar-refractivity contribution in [3.8, 4) is 23.3 Å². The molecule has 2 aliphatic heterocycles. The number of rotatable bonds is 21. The Labute approximate surface area is 380 Å². The predicted octanol–water partition coefficient (Wildman–Crippen LogP) is 4.60. The van der Waals surface area contributed by atoms with Crippen LogP contribution in [0.2, 0.25) is 0 Å². The molecule has 7 rings (SSSR count). The van der Waals surface area contributed by atoms with Gasteiger partial charge >= 0.3 is 6.03 Å². The zero-order valence-electron chi connectivity index (χ0n) is 37.0.